The molecule has 0 aromatic heterocycles. The van der Waals surface area contributed by atoms with Crippen molar-refractivity contribution in [3.63, 3.8) is 0 Å². The van der Waals surface area contributed by atoms with Gasteiger partial charge in [0.1, 0.15) is 39.7 Å². The molecule has 0 radical (unpaired) electrons. The number of ether oxygens (including phenoxy) is 2. The van der Waals surface area contributed by atoms with Crippen molar-refractivity contribution in [1.82, 2.24) is 5.32 Å². The molecule has 2 aromatic rings. The minimum Gasteiger partial charge on any atom is -0.507 e. The second-order valence-electron chi connectivity index (χ2n) is 8.59. The van der Waals surface area contributed by atoms with Crippen LogP contribution in [0.1, 0.15) is 47.8 Å². The number of aromatic hydroxyl groups is 2. The Hall–Kier alpha value is -4.07. The number of carbonyl (C=O) groups excluding carboxylic acids is 3. The third-order valence-electron chi connectivity index (χ3n) is 6.48. The van der Waals surface area contributed by atoms with Crippen LogP contribution in [0.25, 0.3) is 0 Å². The number of hydrogen-bond acceptors (Lipinski definition) is 8. The summed E-state index contributed by atoms with van der Waals surface area (Å²) in [6, 6.07) is 7.36. The van der Waals surface area contributed by atoms with E-state index in [2.05, 4.69) is 5.32 Å². The van der Waals surface area contributed by atoms with Crippen LogP contribution in [-0.2, 0) is 21.5 Å². The molecular weight excluding hydrogens is 438 g/mol. The highest BCUT2D eigenvalue weighted by atomic mass is 16.5. The third-order valence-corrected chi connectivity index (χ3v) is 6.48. The van der Waals surface area contributed by atoms with Crippen LogP contribution in [0, 0.1) is 6.92 Å². The number of Topliss-reactive ketones (excluding diaryl/α,β-unsaturated/α-hetero) is 2. The van der Waals surface area contributed by atoms with E-state index in [4.69, 9.17) is 9.47 Å². The normalized spacial score (nSPS) is 20.2. The highest BCUT2D eigenvalue weighted by molar-refractivity contribution is 6.31. The minimum atomic E-state index is -1.53. The zero-order valence-corrected chi connectivity index (χ0v) is 19.5. The Balaban J connectivity index is 1.78. The van der Waals surface area contributed by atoms with Gasteiger partial charge < -0.3 is 25.0 Å². The fourth-order valence-electron chi connectivity index (χ4n) is 4.43. The van der Waals surface area contributed by atoms with Crippen molar-refractivity contribution in [1.29, 1.82) is 0 Å². The summed E-state index contributed by atoms with van der Waals surface area (Å²) < 4.78 is 10.9. The highest BCUT2D eigenvalue weighted by Crippen LogP contribution is 2.57. The molecule has 3 N–H and O–H groups in total. The number of fused-ring (bicyclic) bond motifs is 3. The molecule has 1 heterocycles. The summed E-state index contributed by atoms with van der Waals surface area (Å²) in [7, 11) is 1.58. The lowest BCUT2D eigenvalue weighted by Gasteiger charge is -2.29. The number of benzene rings is 2. The van der Waals surface area contributed by atoms with Crippen molar-refractivity contribution >= 4 is 17.3 Å². The molecule has 2 aromatic carbocycles. The topological polar surface area (TPSA) is 122 Å². The van der Waals surface area contributed by atoms with Crippen LogP contribution in [0.15, 0.2) is 47.4 Å². The zero-order chi connectivity index (χ0) is 24.9. The lowest BCUT2D eigenvalue weighted by atomic mass is 9.70. The molecule has 0 amide bonds. The Labute approximate surface area is 196 Å². The van der Waals surface area contributed by atoms with Gasteiger partial charge in [-0.05, 0) is 45.4 Å². The second kappa shape index (κ2) is 8.06. The molecule has 0 bridgehead atoms. The quantitative estimate of drug-likeness (QED) is 0.351. The number of phenols is 2. The molecule has 1 aliphatic carbocycles. The van der Waals surface area contributed by atoms with Gasteiger partial charge in [-0.25, -0.2) is 0 Å². The predicted octanol–water partition coefficient (Wildman–Crippen LogP) is 3.37. The van der Waals surface area contributed by atoms with Crippen LogP contribution in [0.2, 0.25) is 0 Å². The standard InChI is InChI=1S/C26H25NO7/c1-12-22(30)20(14(3)28)24-21(23(12)31)26(4)18(34-24)10-17(29)19(25(26)32)13(2)27-11-15-6-8-16(33-5)9-7-15/h6-10,27,30-31H,11H2,1-5H3. The summed E-state index contributed by atoms with van der Waals surface area (Å²) in [6.07, 6.45) is 1.20. The summed E-state index contributed by atoms with van der Waals surface area (Å²) in [5, 5.41) is 24.4. The van der Waals surface area contributed by atoms with E-state index in [9.17, 15) is 24.6 Å². The van der Waals surface area contributed by atoms with Crippen LogP contribution < -0.4 is 14.8 Å². The largest absolute Gasteiger partial charge is 0.507 e. The smallest absolute Gasteiger partial charge is 0.194 e. The van der Waals surface area contributed by atoms with Gasteiger partial charge >= 0.3 is 0 Å². The summed E-state index contributed by atoms with van der Waals surface area (Å²) in [5.74, 6) is -1.76. The van der Waals surface area contributed by atoms with Gasteiger partial charge in [-0.15, -0.1) is 0 Å². The first-order chi connectivity index (χ1) is 16.0. The molecule has 176 valence electrons. The summed E-state index contributed by atoms with van der Waals surface area (Å²) in [5.41, 5.74) is -0.320. The molecular formula is C26H25NO7. The molecule has 2 aliphatic rings. The van der Waals surface area contributed by atoms with E-state index in [-0.39, 0.29) is 39.5 Å². The van der Waals surface area contributed by atoms with Crippen LogP contribution >= 0.6 is 0 Å². The monoisotopic (exact) mass is 463 g/mol. The van der Waals surface area contributed by atoms with Crippen molar-refractivity contribution in [2.75, 3.05) is 7.11 Å². The second-order valence-corrected chi connectivity index (χ2v) is 8.59. The van der Waals surface area contributed by atoms with E-state index >= 15 is 0 Å². The van der Waals surface area contributed by atoms with E-state index in [1.807, 2.05) is 24.3 Å². The van der Waals surface area contributed by atoms with E-state index in [1.165, 1.54) is 26.8 Å². The van der Waals surface area contributed by atoms with Crippen molar-refractivity contribution in [3.05, 3.63) is 69.6 Å². The number of carbonyl (C=O) groups is 3. The van der Waals surface area contributed by atoms with Crippen LogP contribution in [0.5, 0.6) is 23.0 Å². The molecule has 0 saturated heterocycles. The first-order valence-electron chi connectivity index (χ1n) is 10.7. The maximum absolute atomic E-state index is 13.8. The van der Waals surface area contributed by atoms with Crippen LogP contribution in [-0.4, -0.2) is 34.7 Å². The average Bonchev–Trinajstić information content (AvgIpc) is 3.09. The first kappa shape index (κ1) is 23.1. The maximum Gasteiger partial charge on any atom is 0.194 e. The fourth-order valence-corrected chi connectivity index (χ4v) is 4.43. The maximum atomic E-state index is 13.8. The van der Waals surface area contributed by atoms with Gasteiger partial charge in [-0.2, -0.15) is 0 Å². The lowest BCUT2D eigenvalue weighted by Crippen LogP contribution is -2.41. The SMILES string of the molecule is COc1ccc(CNC(C)=C2C(=O)C=C3Oc4c(C(C)=O)c(O)c(C)c(O)c4C3(C)C2=O)cc1. The predicted molar refractivity (Wildman–Crippen MR) is 123 cm³/mol. The molecule has 1 aliphatic heterocycles. The average molecular weight is 463 g/mol. The van der Waals surface area contributed by atoms with Gasteiger partial charge in [0.15, 0.2) is 17.3 Å². The minimum absolute atomic E-state index is 0.00649. The summed E-state index contributed by atoms with van der Waals surface area (Å²) in [6.45, 7) is 6.23. The number of ketones is 3. The molecule has 34 heavy (non-hydrogen) atoms. The third kappa shape index (κ3) is 3.25. The molecule has 8 heteroatoms. The van der Waals surface area contributed by atoms with Crippen molar-refractivity contribution in [2.45, 2.75) is 39.7 Å². The number of rotatable bonds is 5. The Morgan fingerprint density at radius 1 is 1.12 bits per heavy atom. The van der Waals surface area contributed by atoms with Crippen LogP contribution in [0.4, 0.5) is 0 Å². The van der Waals surface area contributed by atoms with Crippen molar-refractivity contribution in [2.24, 2.45) is 0 Å². The molecule has 0 spiro atoms. The van der Waals surface area contributed by atoms with Gasteiger partial charge in [-0.3, -0.25) is 14.4 Å². The molecule has 4 rings (SSSR count). The van der Waals surface area contributed by atoms with E-state index in [0.29, 0.717) is 18.0 Å². The molecule has 1 atom stereocenters. The Kier molecular flexibility index (Phi) is 5.47. The highest BCUT2D eigenvalue weighted by Gasteiger charge is 2.56. The molecule has 0 saturated carbocycles. The first-order valence-corrected chi connectivity index (χ1v) is 10.7. The van der Waals surface area contributed by atoms with Crippen LogP contribution in [0.3, 0.4) is 0 Å². The molecule has 1 unspecified atom stereocenters. The van der Waals surface area contributed by atoms with Gasteiger partial charge in [-0.1, -0.05) is 12.1 Å². The van der Waals surface area contributed by atoms with Gasteiger partial charge in [0.2, 0.25) is 0 Å². The van der Waals surface area contributed by atoms with Crippen molar-refractivity contribution < 1.29 is 34.1 Å². The lowest BCUT2D eigenvalue weighted by molar-refractivity contribution is -0.123. The molecule has 8 nitrogen and oxygen atoms in total. The van der Waals surface area contributed by atoms with E-state index < -0.39 is 28.5 Å². The van der Waals surface area contributed by atoms with Gasteiger partial charge in [0.05, 0.1) is 18.2 Å². The molecule has 0 fully saturated rings. The zero-order valence-electron chi connectivity index (χ0n) is 19.5. The number of phenolic OH excluding ortho intramolecular Hbond substituents is 2. The number of allylic oxidation sites excluding steroid dienone is 4. The Morgan fingerprint density at radius 3 is 2.35 bits per heavy atom. The van der Waals surface area contributed by atoms with Crippen molar-refractivity contribution in [3.8, 4) is 23.0 Å². The summed E-state index contributed by atoms with van der Waals surface area (Å²) in [4.78, 5) is 39.0. The van der Waals surface area contributed by atoms with E-state index in [1.54, 1.807) is 14.0 Å². The van der Waals surface area contributed by atoms with Gasteiger partial charge in [0, 0.05) is 23.9 Å². The number of methoxy groups -OCH3 is 1. The Morgan fingerprint density at radius 2 is 1.76 bits per heavy atom. The number of hydrogen-bond donors (Lipinski definition) is 3. The summed E-state index contributed by atoms with van der Waals surface area (Å²) >= 11 is 0. The van der Waals surface area contributed by atoms with Gasteiger partial charge in [0.25, 0.3) is 0 Å². The Bertz CT molecular complexity index is 1320. The van der Waals surface area contributed by atoms with E-state index in [0.717, 1.165) is 5.56 Å². The fraction of sp³-hybridized carbons (Fsp3) is 0.269. The number of nitrogens with one attached hydrogen (secondary N) is 1.